The van der Waals surface area contributed by atoms with Gasteiger partial charge < -0.3 is 10.4 Å². The van der Waals surface area contributed by atoms with Crippen molar-refractivity contribution in [3.05, 3.63) is 94.6 Å². The summed E-state index contributed by atoms with van der Waals surface area (Å²) in [6, 6.07) is 15.9. The fourth-order valence-electron chi connectivity index (χ4n) is 3.35. The summed E-state index contributed by atoms with van der Waals surface area (Å²) in [7, 11) is 0. The summed E-state index contributed by atoms with van der Waals surface area (Å²) in [5, 5.41) is 19.5. The van der Waals surface area contributed by atoms with Crippen LogP contribution in [-0.4, -0.2) is 27.8 Å². The van der Waals surface area contributed by atoms with Crippen molar-refractivity contribution in [1.29, 1.82) is 0 Å². The molecule has 0 aliphatic heterocycles. The van der Waals surface area contributed by atoms with E-state index in [9.17, 15) is 13.6 Å². The molecule has 30 heavy (non-hydrogen) atoms. The normalized spacial score (nSPS) is 11.0. The lowest BCUT2D eigenvalue weighted by Crippen LogP contribution is -2.12. The second kappa shape index (κ2) is 8.42. The number of anilines is 1. The topological polar surface area (TPSA) is 78.0 Å². The molecule has 0 fully saturated rings. The molecule has 0 radical (unpaired) electrons. The zero-order valence-electron chi connectivity index (χ0n) is 16.0. The number of halogens is 2. The summed E-state index contributed by atoms with van der Waals surface area (Å²) in [6.45, 7) is 0.0510. The Labute approximate surface area is 171 Å². The van der Waals surface area contributed by atoms with Crippen molar-refractivity contribution in [3.63, 3.8) is 0 Å². The Balaban J connectivity index is 1.55. The number of carbonyl (C=O) groups excluding carboxylic acids is 1. The molecule has 0 atom stereocenters. The van der Waals surface area contributed by atoms with Crippen LogP contribution in [0.3, 0.4) is 0 Å². The standard InChI is InChI=1S/C23H19F2N3O2/c24-18-10-16(11-19(25)13-18)9-15-3-6-21-20(12-15)22(28-27-21)26-23(30)17-4-1-14(2-5-17)7-8-29/h1-6,10-13,29H,7-9H2,(H2,26,27,28,30). The smallest absolute Gasteiger partial charge is 0.256 e. The number of aromatic nitrogens is 2. The maximum Gasteiger partial charge on any atom is 0.256 e. The Morgan fingerprint density at radius 3 is 2.33 bits per heavy atom. The van der Waals surface area contributed by atoms with Crippen LogP contribution in [0.5, 0.6) is 0 Å². The molecule has 0 aliphatic carbocycles. The molecule has 5 nitrogen and oxygen atoms in total. The Kier molecular flexibility index (Phi) is 5.54. The second-order valence-electron chi connectivity index (χ2n) is 7.03. The molecule has 0 bridgehead atoms. The maximum atomic E-state index is 13.5. The first-order valence-corrected chi connectivity index (χ1v) is 9.45. The highest BCUT2D eigenvalue weighted by Gasteiger charge is 2.12. The van der Waals surface area contributed by atoms with Crippen molar-refractivity contribution in [2.24, 2.45) is 0 Å². The third kappa shape index (κ3) is 4.36. The quantitative estimate of drug-likeness (QED) is 0.448. The van der Waals surface area contributed by atoms with Crippen molar-refractivity contribution in [2.75, 3.05) is 11.9 Å². The molecule has 0 unspecified atom stereocenters. The van der Waals surface area contributed by atoms with Crippen molar-refractivity contribution >= 4 is 22.6 Å². The molecule has 0 spiro atoms. The highest BCUT2D eigenvalue weighted by molar-refractivity contribution is 6.07. The van der Waals surface area contributed by atoms with Crippen LogP contribution < -0.4 is 5.32 Å². The highest BCUT2D eigenvalue weighted by atomic mass is 19.1. The zero-order valence-corrected chi connectivity index (χ0v) is 16.0. The van der Waals surface area contributed by atoms with Crippen LogP contribution in [0.1, 0.15) is 27.0 Å². The van der Waals surface area contributed by atoms with E-state index in [1.54, 1.807) is 24.3 Å². The molecular formula is C23H19F2N3O2. The summed E-state index contributed by atoms with van der Waals surface area (Å²) in [5.41, 5.74) is 3.50. The molecule has 4 rings (SSSR count). The Morgan fingerprint density at radius 1 is 0.933 bits per heavy atom. The number of fused-ring (bicyclic) bond motifs is 1. The van der Waals surface area contributed by atoms with Gasteiger partial charge in [0.1, 0.15) is 11.6 Å². The van der Waals surface area contributed by atoms with Crippen LogP contribution >= 0.6 is 0 Å². The molecular weight excluding hydrogens is 388 g/mol. The average Bonchev–Trinajstić information content (AvgIpc) is 3.10. The third-order valence-corrected chi connectivity index (χ3v) is 4.81. The fraction of sp³-hybridized carbons (Fsp3) is 0.130. The molecule has 1 aromatic heterocycles. The van der Waals surface area contributed by atoms with E-state index in [4.69, 9.17) is 5.11 Å². The van der Waals surface area contributed by atoms with Crippen LogP contribution in [-0.2, 0) is 12.8 Å². The minimum atomic E-state index is -0.618. The Hall–Kier alpha value is -3.58. The van der Waals surface area contributed by atoms with Gasteiger partial charge in [0.05, 0.1) is 5.52 Å². The predicted octanol–water partition coefficient (Wildman–Crippen LogP) is 4.22. The number of hydrogen-bond acceptors (Lipinski definition) is 3. The number of H-pyrrole nitrogens is 1. The number of aliphatic hydroxyl groups excluding tert-OH is 1. The predicted molar refractivity (Wildman–Crippen MR) is 110 cm³/mol. The lowest BCUT2D eigenvalue weighted by molar-refractivity contribution is 0.102. The summed E-state index contributed by atoms with van der Waals surface area (Å²) >= 11 is 0. The van der Waals surface area contributed by atoms with Crippen molar-refractivity contribution in [1.82, 2.24) is 10.2 Å². The van der Waals surface area contributed by atoms with Crippen LogP contribution in [0.25, 0.3) is 10.9 Å². The molecule has 0 saturated heterocycles. The van der Waals surface area contributed by atoms with Crippen LogP contribution in [0.4, 0.5) is 14.6 Å². The number of nitrogens with zero attached hydrogens (tertiary/aromatic N) is 1. The lowest BCUT2D eigenvalue weighted by Gasteiger charge is -2.06. The Bertz CT molecular complexity index is 1180. The Morgan fingerprint density at radius 2 is 1.63 bits per heavy atom. The number of aromatic amines is 1. The zero-order chi connectivity index (χ0) is 21.1. The molecule has 152 valence electrons. The minimum absolute atomic E-state index is 0.0510. The van der Waals surface area contributed by atoms with Gasteiger partial charge in [-0.15, -0.1) is 0 Å². The second-order valence-corrected chi connectivity index (χ2v) is 7.03. The summed E-state index contributed by atoms with van der Waals surface area (Å²) in [4.78, 5) is 12.6. The molecule has 0 saturated carbocycles. The summed E-state index contributed by atoms with van der Waals surface area (Å²) in [5.74, 6) is -1.17. The van der Waals surface area contributed by atoms with E-state index in [0.29, 0.717) is 35.2 Å². The van der Waals surface area contributed by atoms with E-state index < -0.39 is 11.6 Å². The van der Waals surface area contributed by atoms with E-state index in [1.807, 2.05) is 18.2 Å². The van der Waals surface area contributed by atoms with Gasteiger partial charge in [-0.1, -0.05) is 18.2 Å². The van der Waals surface area contributed by atoms with Crippen molar-refractivity contribution < 1.29 is 18.7 Å². The van der Waals surface area contributed by atoms with Gasteiger partial charge in [-0.3, -0.25) is 9.89 Å². The summed E-state index contributed by atoms with van der Waals surface area (Å²) < 4.78 is 26.9. The highest BCUT2D eigenvalue weighted by Crippen LogP contribution is 2.24. The van der Waals surface area contributed by atoms with Gasteiger partial charge >= 0.3 is 0 Å². The fourth-order valence-corrected chi connectivity index (χ4v) is 3.35. The number of hydrogen-bond donors (Lipinski definition) is 3. The first-order valence-electron chi connectivity index (χ1n) is 9.45. The van der Waals surface area contributed by atoms with Gasteiger partial charge in [0, 0.05) is 23.6 Å². The number of benzene rings is 3. The van der Waals surface area contributed by atoms with Gasteiger partial charge in [-0.05, 0) is 65.9 Å². The van der Waals surface area contributed by atoms with E-state index in [1.165, 1.54) is 12.1 Å². The SMILES string of the molecule is O=C(Nc1n[nH]c2ccc(Cc3cc(F)cc(F)c3)cc12)c1ccc(CCO)cc1. The van der Waals surface area contributed by atoms with Crippen LogP contribution in [0, 0.1) is 11.6 Å². The molecule has 1 heterocycles. The maximum absolute atomic E-state index is 13.5. The van der Waals surface area contributed by atoms with E-state index in [0.717, 1.165) is 22.7 Å². The van der Waals surface area contributed by atoms with Gasteiger partial charge in [-0.25, -0.2) is 8.78 Å². The average molecular weight is 407 g/mol. The molecule has 3 N–H and O–H groups in total. The first kappa shape index (κ1) is 19.7. The van der Waals surface area contributed by atoms with Crippen LogP contribution in [0.15, 0.2) is 60.7 Å². The van der Waals surface area contributed by atoms with Gasteiger partial charge in [0.25, 0.3) is 5.91 Å². The number of carbonyl (C=O) groups is 1. The molecule has 4 aromatic rings. The largest absolute Gasteiger partial charge is 0.396 e. The van der Waals surface area contributed by atoms with Gasteiger partial charge in [-0.2, -0.15) is 5.10 Å². The first-order chi connectivity index (χ1) is 14.5. The van der Waals surface area contributed by atoms with Crippen LogP contribution in [0.2, 0.25) is 0 Å². The minimum Gasteiger partial charge on any atom is -0.396 e. The number of amides is 1. The molecule has 3 aromatic carbocycles. The van der Waals surface area contributed by atoms with Gasteiger partial charge in [0.15, 0.2) is 5.82 Å². The molecule has 1 amide bonds. The third-order valence-electron chi connectivity index (χ3n) is 4.81. The number of aliphatic hydroxyl groups is 1. The van der Waals surface area contributed by atoms with Crippen molar-refractivity contribution in [3.8, 4) is 0 Å². The number of rotatable bonds is 6. The van der Waals surface area contributed by atoms with Crippen molar-refractivity contribution in [2.45, 2.75) is 12.8 Å². The van der Waals surface area contributed by atoms with E-state index in [2.05, 4.69) is 15.5 Å². The van der Waals surface area contributed by atoms with Gasteiger partial charge in [0.2, 0.25) is 0 Å². The lowest BCUT2D eigenvalue weighted by atomic mass is 10.0. The molecule has 0 aliphatic rings. The summed E-state index contributed by atoms with van der Waals surface area (Å²) in [6.07, 6.45) is 0.874. The van der Waals surface area contributed by atoms with E-state index >= 15 is 0 Å². The molecule has 7 heteroatoms. The number of nitrogens with one attached hydrogen (secondary N) is 2. The van der Waals surface area contributed by atoms with E-state index in [-0.39, 0.29) is 12.5 Å². The monoisotopic (exact) mass is 407 g/mol.